The number of nitrogens with two attached hydrogens (primary N) is 1. The number of carbonyl (C=O) groups is 1. The smallest absolute Gasteiger partial charge is 0.224 e. The number of nitrogens with one attached hydrogen (secondary N) is 1. The zero-order valence-corrected chi connectivity index (χ0v) is 11.8. The monoisotopic (exact) mass is 277 g/mol. The van der Waals surface area contributed by atoms with E-state index in [4.69, 9.17) is 10.5 Å². The number of hydrogen-bond donors (Lipinski definition) is 2. The third-order valence-corrected chi connectivity index (χ3v) is 3.48. The number of nitrogens with zero attached hydrogens (tertiary/aromatic N) is 1. The molecule has 1 aromatic rings. The van der Waals surface area contributed by atoms with Gasteiger partial charge in [0.1, 0.15) is 0 Å². The Balaban J connectivity index is 1.66. The van der Waals surface area contributed by atoms with Gasteiger partial charge in [0.25, 0.3) is 0 Å². The lowest BCUT2D eigenvalue weighted by Gasteiger charge is -2.26. The molecule has 0 unspecified atom stereocenters. The number of hydrogen-bond acceptors (Lipinski definition) is 4. The quantitative estimate of drug-likeness (QED) is 0.776. The van der Waals surface area contributed by atoms with E-state index in [2.05, 4.69) is 10.2 Å². The van der Waals surface area contributed by atoms with Gasteiger partial charge < -0.3 is 15.8 Å². The van der Waals surface area contributed by atoms with Crippen LogP contribution in [0.4, 0.5) is 0 Å². The van der Waals surface area contributed by atoms with Crippen molar-refractivity contribution in [3.05, 3.63) is 35.4 Å². The Morgan fingerprint density at radius 3 is 2.50 bits per heavy atom. The van der Waals surface area contributed by atoms with Crippen molar-refractivity contribution < 1.29 is 9.53 Å². The van der Waals surface area contributed by atoms with Gasteiger partial charge in [-0.2, -0.15) is 0 Å². The molecule has 1 heterocycles. The minimum absolute atomic E-state index is 0.0683. The SMILES string of the molecule is NCc1ccc(CC(=O)NCCN2CCOCC2)cc1. The Labute approximate surface area is 120 Å². The predicted octanol–water partition coefficient (Wildman–Crippen LogP) is 0.136. The number of morpholine rings is 1. The zero-order valence-electron chi connectivity index (χ0n) is 11.8. The summed E-state index contributed by atoms with van der Waals surface area (Å²) in [5.74, 6) is 0.0683. The van der Waals surface area contributed by atoms with E-state index >= 15 is 0 Å². The van der Waals surface area contributed by atoms with Crippen molar-refractivity contribution in [1.82, 2.24) is 10.2 Å². The van der Waals surface area contributed by atoms with Crippen LogP contribution in [0, 0.1) is 0 Å². The van der Waals surface area contributed by atoms with Gasteiger partial charge in [-0.05, 0) is 11.1 Å². The lowest BCUT2D eigenvalue weighted by atomic mass is 10.1. The third kappa shape index (κ3) is 4.92. The fourth-order valence-electron chi connectivity index (χ4n) is 2.22. The molecule has 110 valence electrons. The summed E-state index contributed by atoms with van der Waals surface area (Å²) < 4.78 is 5.29. The van der Waals surface area contributed by atoms with Crippen LogP contribution in [0.5, 0.6) is 0 Å². The second-order valence-corrected chi connectivity index (χ2v) is 5.00. The third-order valence-electron chi connectivity index (χ3n) is 3.48. The summed E-state index contributed by atoms with van der Waals surface area (Å²) >= 11 is 0. The van der Waals surface area contributed by atoms with Gasteiger partial charge in [0.05, 0.1) is 19.6 Å². The predicted molar refractivity (Wildman–Crippen MR) is 78.3 cm³/mol. The van der Waals surface area contributed by atoms with Crippen LogP contribution in [0.1, 0.15) is 11.1 Å². The van der Waals surface area contributed by atoms with E-state index in [1.165, 1.54) is 0 Å². The number of amides is 1. The van der Waals surface area contributed by atoms with Gasteiger partial charge in [0.2, 0.25) is 5.91 Å². The summed E-state index contributed by atoms with van der Waals surface area (Å²) in [7, 11) is 0. The Morgan fingerprint density at radius 1 is 1.20 bits per heavy atom. The largest absolute Gasteiger partial charge is 0.379 e. The number of carbonyl (C=O) groups excluding carboxylic acids is 1. The highest BCUT2D eigenvalue weighted by Gasteiger charge is 2.10. The Hall–Kier alpha value is -1.43. The molecule has 0 bridgehead atoms. The highest BCUT2D eigenvalue weighted by Crippen LogP contribution is 2.04. The molecule has 1 fully saturated rings. The first-order valence-electron chi connectivity index (χ1n) is 7.12. The van der Waals surface area contributed by atoms with Crippen LogP contribution >= 0.6 is 0 Å². The fourth-order valence-corrected chi connectivity index (χ4v) is 2.22. The van der Waals surface area contributed by atoms with Crippen LogP contribution in [0.2, 0.25) is 0 Å². The maximum Gasteiger partial charge on any atom is 0.224 e. The first-order chi connectivity index (χ1) is 9.78. The summed E-state index contributed by atoms with van der Waals surface area (Å²) in [6, 6.07) is 7.86. The van der Waals surface area contributed by atoms with Crippen molar-refractivity contribution in [2.45, 2.75) is 13.0 Å². The molecule has 1 aliphatic rings. The van der Waals surface area contributed by atoms with E-state index in [0.29, 0.717) is 19.5 Å². The molecule has 2 rings (SSSR count). The van der Waals surface area contributed by atoms with Crippen molar-refractivity contribution in [2.75, 3.05) is 39.4 Å². The molecule has 5 heteroatoms. The van der Waals surface area contributed by atoms with Gasteiger partial charge in [-0.3, -0.25) is 9.69 Å². The lowest BCUT2D eigenvalue weighted by Crippen LogP contribution is -2.41. The zero-order chi connectivity index (χ0) is 14.2. The average molecular weight is 277 g/mol. The number of benzene rings is 1. The molecular weight excluding hydrogens is 254 g/mol. The molecule has 5 nitrogen and oxygen atoms in total. The summed E-state index contributed by atoms with van der Waals surface area (Å²) in [5.41, 5.74) is 7.65. The van der Waals surface area contributed by atoms with Crippen LogP contribution in [-0.4, -0.2) is 50.2 Å². The van der Waals surface area contributed by atoms with Crippen molar-refractivity contribution in [1.29, 1.82) is 0 Å². The normalized spacial score (nSPS) is 16.1. The molecule has 0 radical (unpaired) electrons. The summed E-state index contributed by atoms with van der Waals surface area (Å²) in [6.45, 7) is 5.61. The molecule has 1 amide bonds. The molecule has 20 heavy (non-hydrogen) atoms. The van der Waals surface area contributed by atoms with Crippen molar-refractivity contribution in [3.63, 3.8) is 0 Å². The van der Waals surface area contributed by atoms with Gasteiger partial charge in [-0.15, -0.1) is 0 Å². The minimum Gasteiger partial charge on any atom is -0.379 e. The van der Waals surface area contributed by atoms with Crippen LogP contribution < -0.4 is 11.1 Å². The molecule has 0 saturated carbocycles. The van der Waals surface area contributed by atoms with Crippen molar-refractivity contribution >= 4 is 5.91 Å². The average Bonchev–Trinajstić information content (AvgIpc) is 2.49. The van der Waals surface area contributed by atoms with E-state index in [1.807, 2.05) is 24.3 Å². The maximum atomic E-state index is 11.8. The first-order valence-corrected chi connectivity index (χ1v) is 7.12. The maximum absolute atomic E-state index is 11.8. The molecule has 0 atom stereocenters. The Morgan fingerprint density at radius 2 is 1.85 bits per heavy atom. The van der Waals surface area contributed by atoms with E-state index in [0.717, 1.165) is 44.0 Å². The van der Waals surface area contributed by atoms with E-state index in [1.54, 1.807) is 0 Å². The van der Waals surface area contributed by atoms with Crippen LogP contribution in [0.15, 0.2) is 24.3 Å². The van der Waals surface area contributed by atoms with Gasteiger partial charge in [0.15, 0.2) is 0 Å². The topological polar surface area (TPSA) is 67.6 Å². The second-order valence-electron chi connectivity index (χ2n) is 5.00. The van der Waals surface area contributed by atoms with E-state index < -0.39 is 0 Å². The molecule has 0 spiro atoms. The van der Waals surface area contributed by atoms with Crippen LogP contribution in [-0.2, 0) is 22.5 Å². The molecule has 3 N–H and O–H groups in total. The van der Waals surface area contributed by atoms with Crippen LogP contribution in [0.25, 0.3) is 0 Å². The van der Waals surface area contributed by atoms with E-state index in [-0.39, 0.29) is 5.91 Å². The van der Waals surface area contributed by atoms with Gasteiger partial charge >= 0.3 is 0 Å². The molecule has 0 aromatic heterocycles. The lowest BCUT2D eigenvalue weighted by molar-refractivity contribution is -0.120. The van der Waals surface area contributed by atoms with Gasteiger partial charge in [-0.25, -0.2) is 0 Å². The highest BCUT2D eigenvalue weighted by atomic mass is 16.5. The van der Waals surface area contributed by atoms with Crippen LogP contribution in [0.3, 0.4) is 0 Å². The van der Waals surface area contributed by atoms with Crippen molar-refractivity contribution in [3.8, 4) is 0 Å². The Bertz CT molecular complexity index is 414. The van der Waals surface area contributed by atoms with Crippen molar-refractivity contribution in [2.24, 2.45) is 5.73 Å². The van der Waals surface area contributed by atoms with E-state index in [9.17, 15) is 4.79 Å². The second kappa shape index (κ2) is 7.99. The molecule has 1 aromatic carbocycles. The highest BCUT2D eigenvalue weighted by molar-refractivity contribution is 5.78. The molecule has 1 saturated heterocycles. The molecule has 1 aliphatic heterocycles. The number of rotatable bonds is 6. The first kappa shape index (κ1) is 15.0. The minimum atomic E-state index is 0.0683. The van der Waals surface area contributed by atoms with Gasteiger partial charge in [-0.1, -0.05) is 24.3 Å². The number of ether oxygens (including phenoxy) is 1. The molecular formula is C15H23N3O2. The fraction of sp³-hybridized carbons (Fsp3) is 0.533. The standard InChI is InChI=1S/C15H23N3O2/c16-12-14-3-1-13(2-4-14)11-15(19)17-5-6-18-7-9-20-10-8-18/h1-4H,5-12,16H2,(H,17,19). The molecule has 0 aliphatic carbocycles. The summed E-state index contributed by atoms with van der Waals surface area (Å²) in [6.07, 6.45) is 0.425. The summed E-state index contributed by atoms with van der Waals surface area (Å²) in [4.78, 5) is 14.1. The summed E-state index contributed by atoms with van der Waals surface area (Å²) in [5, 5.41) is 2.96. The van der Waals surface area contributed by atoms with Gasteiger partial charge in [0, 0.05) is 32.7 Å². The Kier molecular flexibility index (Phi) is 5.98.